The lowest BCUT2D eigenvalue weighted by molar-refractivity contribution is -0.168. The third-order valence-corrected chi connectivity index (χ3v) is 3.11. The predicted octanol–water partition coefficient (Wildman–Crippen LogP) is 2.07. The van der Waals surface area contributed by atoms with E-state index in [-0.39, 0.29) is 5.41 Å². The van der Waals surface area contributed by atoms with E-state index in [9.17, 15) is 22.4 Å². The first-order valence-electron chi connectivity index (χ1n) is 5.65. The summed E-state index contributed by atoms with van der Waals surface area (Å²) in [5, 5.41) is 2.52. The Labute approximate surface area is 103 Å². The molecule has 1 fully saturated rings. The Kier molecular flexibility index (Phi) is 4.58. The molecule has 1 aliphatic rings. The second-order valence-electron chi connectivity index (χ2n) is 5.25. The van der Waals surface area contributed by atoms with Gasteiger partial charge in [-0.2, -0.15) is 8.78 Å². The van der Waals surface area contributed by atoms with E-state index in [4.69, 9.17) is 0 Å². The number of hydrogen-bond donors (Lipinski definition) is 1. The van der Waals surface area contributed by atoms with Gasteiger partial charge < -0.3 is 10.1 Å². The molecule has 106 valence electrons. The second-order valence-corrected chi connectivity index (χ2v) is 5.25. The molecule has 1 amide bonds. The molecule has 0 aliphatic heterocycles. The Hall–Kier alpha value is -0.850. The Morgan fingerprint density at radius 1 is 1.50 bits per heavy atom. The number of ether oxygens (including phenoxy) is 1. The molecule has 0 spiro atoms. The summed E-state index contributed by atoms with van der Waals surface area (Å²) >= 11 is 0. The number of nitrogens with one attached hydrogen (secondary N) is 1. The highest BCUT2D eigenvalue weighted by atomic mass is 19.3. The predicted molar refractivity (Wildman–Crippen MR) is 56.7 cm³/mol. The van der Waals surface area contributed by atoms with Crippen molar-refractivity contribution in [1.82, 2.24) is 5.32 Å². The molecule has 0 bridgehead atoms. The van der Waals surface area contributed by atoms with Crippen molar-refractivity contribution in [2.45, 2.75) is 32.6 Å². The zero-order chi connectivity index (χ0) is 14.0. The molecular weight excluding hydrogens is 254 g/mol. The van der Waals surface area contributed by atoms with Crippen LogP contribution in [0.25, 0.3) is 0 Å². The van der Waals surface area contributed by atoms with E-state index in [0.717, 1.165) is 6.42 Å². The minimum absolute atomic E-state index is 0.205. The lowest BCUT2D eigenvalue weighted by Gasteiger charge is -2.15. The molecule has 7 heteroatoms. The van der Waals surface area contributed by atoms with Crippen LogP contribution >= 0.6 is 0 Å². The van der Waals surface area contributed by atoms with Crippen molar-refractivity contribution in [3.8, 4) is 0 Å². The van der Waals surface area contributed by atoms with Crippen LogP contribution in [0.5, 0.6) is 0 Å². The number of alkyl halides is 4. The quantitative estimate of drug-likeness (QED) is 0.720. The van der Waals surface area contributed by atoms with E-state index >= 15 is 0 Å². The number of amides is 1. The average Bonchev–Trinajstić information content (AvgIpc) is 2.83. The molecule has 0 saturated heterocycles. The van der Waals surface area contributed by atoms with Crippen molar-refractivity contribution in [2.24, 2.45) is 11.3 Å². The van der Waals surface area contributed by atoms with Crippen molar-refractivity contribution in [3.05, 3.63) is 0 Å². The van der Waals surface area contributed by atoms with Crippen LogP contribution in [0.2, 0.25) is 0 Å². The molecule has 0 aromatic rings. The van der Waals surface area contributed by atoms with Crippen LogP contribution in [-0.2, 0) is 9.53 Å². The van der Waals surface area contributed by atoms with Gasteiger partial charge in [0.15, 0.2) is 0 Å². The number of carbonyl (C=O) groups is 1. The smallest absolute Gasteiger partial charge is 0.330 e. The number of rotatable bonds is 7. The van der Waals surface area contributed by atoms with Crippen molar-refractivity contribution < 1.29 is 27.1 Å². The van der Waals surface area contributed by atoms with Crippen molar-refractivity contribution in [2.75, 3.05) is 19.8 Å². The second kappa shape index (κ2) is 5.42. The molecule has 1 N–H and O–H groups in total. The van der Waals surface area contributed by atoms with E-state index in [1.165, 1.54) is 0 Å². The maximum atomic E-state index is 12.4. The molecular formula is C11H17F4NO2. The molecule has 1 rings (SSSR count). The summed E-state index contributed by atoms with van der Waals surface area (Å²) in [6.07, 6.45) is -2.79. The van der Waals surface area contributed by atoms with Gasteiger partial charge in [-0.25, -0.2) is 8.78 Å². The molecule has 1 aliphatic carbocycles. The fourth-order valence-electron chi connectivity index (χ4n) is 1.56. The molecule has 0 radical (unpaired) electrons. The SMILES string of the molecule is CC1(C)CC1CNC(=O)COCC(F)(F)C(F)F. The molecule has 1 atom stereocenters. The fourth-order valence-corrected chi connectivity index (χ4v) is 1.56. The topological polar surface area (TPSA) is 38.3 Å². The van der Waals surface area contributed by atoms with E-state index < -0.39 is 31.5 Å². The van der Waals surface area contributed by atoms with Crippen LogP contribution in [0.15, 0.2) is 0 Å². The maximum absolute atomic E-state index is 12.4. The zero-order valence-electron chi connectivity index (χ0n) is 10.3. The lowest BCUT2D eigenvalue weighted by atomic mass is 10.1. The molecule has 1 unspecified atom stereocenters. The maximum Gasteiger partial charge on any atom is 0.330 e. The number of carbonyl (C=O) groups excluding carboxylic acids is 1. The highest BCUT2D eigenvalue weighted by molar-refractivity contribution is 5.77. The first-order valence-corrected chi connectivity index (χ1v) is 5.65. The molecule has 0 aromatic heterocycles. The highest BCUT2D eigenvalue weighted by Crippen LogP contribution is 2.50. The summed E-state index contributed by atoms with van der Waals surface area (Å²) in [5.74, 6) is -4.40. The van der Waals surface area contributed by atoms with Gasteiger partial charge in [-0.15, -0.1) is 0 Å². The normalized spacial score (nSPS) is 22.1. The summed E-state index contributed by atoms with van der Waals surface area (Å²) in [5.41, 5.74) is 0.205. The van der Waals surface area contributed by atoms with Crippen LogP contribution < -0.4 is 5.32 Å². The number of halogens is 4. The van der Waals surface area contributed by atoms with Gasteiger partial charge in [0, 0.05) is 6.54 Å². The van der Waals surface area contributed by atoms with E-state index in [2.05, 4.69) is 23.9 Å². The lowest BCUT2D eigenvalue weighted by Crippen LogP contribution is -2.36. The Bertz CT molecular complexity index is 307. The van der Waals surface area contributed by atoms with Crippen LogP contribution in [0, 0.1) is 11.3 Å². The van der Waals surface area contributed by atoms with Gasteiger partial charge in [0.2, 0.25) is 5.91 Å². The van der Waals surface area contributed by atoms with E-state index in [0.29, 0.717) is 12.5 Å². The Morgan fingerprint density at radius 3 is 2.50 bits per heavy atom. The first-order chi connectivity index (χ1) is 8.15. The van der Waals surface area contributed by atoms with Gasteiger partial charge in [0.05, 0.1) is 0 Å². The monoisotopic (exact) mass is 271 g/mol. The Morgan fingerprint density at radius 2 is 2.06 bits per heavy atom. The standard InChI is InChI=1S/C11H17F4NO2/c1-10(2)3-7(10)4-16-8(17)5-18-6-11(14,15)9(12)13/h7,9H,3-6H2,1-2H3,(H,16,17). The van der Waals surface area contributed by atoms with Crippen molar-refractivity contribution in [1.29, 1.82) is 0 Å². The van der Waals surface area contributed by atoms with E-state index in [1.54, 1.807) is 0 Å². The van der Waals surface area contributed by atoms with E-state index in [1.807, 2.05) is 0 Å². The summed E-state index contributed by atoms with van der Waals surface area (Å²) in [6.45, 7) is 2.50. The molecule has 0 aromatic carbocycles. The summed E-state index contributed by atoms with van der Waals surface area (Å²) < 4.78 is 52.6. The largest absolute Gasteiger partial charge is 0.365 e. The number of hydrogen-bond acceptors (Lipinski definition) is 2. The zero-order valence-corrected chi connectivity index (χ0v) is 10.3. The Balaban J connectivity index is 2.11. The van der Waals surface area contributed by atoms with Crippen LogP contribution in [-0.4, -0.2) is 38.0 Å². The van der Waals surface area contributed by atoms with Gasteiger partial charge in [-0.3, -0.25) is 4.79 Å². The minimum Gasteiger partial charge on any atom is -0.365 e. The highest BCUT2D eigenvalue weighted by Gasteiger charge is 2.45. The fraction of sp³-hybridized carbons (Fsp3) is 0.909. The summed E-state index contributed by atoms with van der Waals surface area (Å²) in [4.78, 5) is 11.2. The molecule has 0 heterocycles. The van der Waals surface area contributed by atoms with Crippen LogP contribution in [0.3, 0.4) is 0 Å². The third-order valence-electron chi connectivity index (χ3n) is 3.11. The van der Waals surface area contributed by atoms with Gasteiger partial charge >= 0.3 is 12.3 Å². The molecule has 18 heavy (non-hydrogen) atoms. The van der Waals surface area contributed by atoms with Gasteiger partial charge in [-0.1, -0.05) is 13.8 Å². The van der Waals surface area contributed by atoms with Gasteiger partial charge in [-0.05, 0) is 17.8 Å². The average molecular weight is 271 g/mol. The molecule has 1 saturated carbocycles. The first kappa shape index (κ1) is 15.2. The summed E-state index contributed by atoms with van der Waals surface area (Å²) in [7, 11) is 0. The van der Waals surface area contributed by atoms with Crippen molar-refractivity contribution >= 4 is 5.91 Å². The van der Waals surface area contributed by atoms with Crippen molar-refractivity contribution in [3.63, 3.8) is 0 Å². The van der Waals surface area contributed by atoms with Crippen LogP contribution in [0.4, 0.5) is 17.6 Å². The minimum atomic E-state index is -4.21. The van der Waals surface area contributed by atoms with Gasteiger partial charge in [0.25, 0.3) is 0 Å². The van der Waals surface area contributed by atoms with Gasteiger partial charge in [0.1, 0.15) is 13.2 Å². The third kappa shape index (κ3) is 4.44. The summed E-state index contributed by atoms with van der Waals surface area (Å²) in [6, 6.07) is 0. The molecule has 3 nitrogen and oxygen atoms in total. The van der Waals surface area contributed by atoms with Crippen LogP contribution in [0.1, 0.15) is 20.3 Å².